The van der Waals surface area contributed by atoms with E-state index in [1.54, 1.807) is 15.9 Å². The van der Waals surface area contributed by atoms with Gasteiger partial charge in [-0.1, -0.05) is 25.1 Å². The van der Waals surface area contributed by atoms with Gasteiger partial charge in [0.25, 0.3) is 5.56 Å². The van der Waals surface area contributed by atoms with Crippen LogP contribution in [-0.2, 0) is 11.2 Å². The summed E-state index contributed by atoms with van der Waals surface area (Å²) in [6.45, 7) is 8.88. The van der Waals surface area contributed by atoms with E-state index in [0.29, 0.717) is 30.5 Å². The molecule has 38 heavy (non-hydrogen) atoms. The fraction of sp³-hybridized carbons (Fsp3) is 0.367. The van der Waals surface area contributed by atoms with Crippen LogP contribution in [0.3, 0.4) is 0 Å². The number of para-hydroxylation sites is 1. The second kappa shape index (κ2) is 11.5. The number of fused-ring (bicyclic) bond motifs is 1. The SMILES string of the molecule is CCOc1ccc(-n2c(C(CC)N3CCN(C(=O)Cc4cccs4)C(C)C3)nc3ccccc3c2=O)cc1. The number of nitrogens with zero attached hydrogens (tertiary/aromatic N) is 4. The maximum atomic E-state index is 13.8. The van der Waals surface area contributed by atoms with Crippen LogP contribution in [0, 0.1) is 0 Å². The standard InChI is InChI=1S/C30H34N4O3S/c1-4-27(32-16-17-33(21(3)20-32)28(35)19-24-9-8-18-38-24)29-31-26-11-7-6-10-25(26)30(36)34(29)22-12-14-23(15-13-22)37-5-2/h6-15,18,21,27H,4-5,16-17,19-20H2,1-3H3. The van der Waals surface area contributed by atoms with Crippen LogP contribution < -0.4 is 10.3 Å². The minimum absolute atomic E-state index is 0.0661. The van der Waals surface area contributed by atoms with E-state index in [-0.39, 0.29) is 23.6 Å². The van der Waals surface area contributed by atoms with Gasteiger partial charge in [0.1, 0.15) is 11.6 Å². The molecule has 2 atom stereocenters. The molecule has 1 amide bonds. The highest BCUT2D eigenvalue weighted by Gasteiger charge is 2.33. The average molecular weight is 531 g/mol. The number of amides is 1. The molecule has 4 aromatic rings. The Morgan fingerprint density at radius 2 is 1.87 bits per heavy atom. The Labute approximate surface area is 227 Å². The highest BCUT2D eigenvalue weighted by molar-refractivity contribution is 7.10. The summed E-state index contributed by atoms with van der Waals surface area (Å²) in [4.78, 5) is 37.4. The average Bonchev–Trinajstić information content (AvgIpc) is 3.43. The van der Waals surface area contributed by atoms with Gasteiger partial charge < -0.3 is 9.64 Å². The maximum absolute atomic E-state index is 13.8. The highest BCUT2D eigenvalue weighted by atomic mass is 32.1. The maximum Gasteiger partial charge on any atom is 0.266 e. The van der Waals surface area contributed by atoms with Gasteiger partial charge in [-0.3, -0.25) is 19.1 Å². The van der Waals surface area contributed by atoms with E-state index >= 15 is 0 Å². The first-order chi connectivity index (χ1) is 18.5. The molecule has 1 aliphatic heterocycles. The van der Waals surface area contributed by atoms with Crippen molar-refractivity contribution in [2.24, 2.45) is 0 Å². The summed E-state index contributed by atoms with van der Waals surface area (Å²) < 4.78 is 7.38. The molecule has 8 heteroatoms. The Balaban J connectivity index is 1.48. The fourth-order valence-corrected chi connectivity index (χ4v) is 6.08. The molecule has 0 aliphatic carbocycles. The molecule has 2 aromatic heterocycles. The van der Waals surface area contributed by atoms with E-state index in [4.69, 9.17) is 9.72 Å². The molecule has 0 spiro atoms. The lowest BCUT2D eigenvalue weighted by atomic mass is 10.1. The Hall–Kier alpha value is -3.49. The normalized spacial score (nSPS) is 17.0. The molecule has 7 nitrogen and oxygen atoms in total. The van der Waals surface area contributed by atoms with Gasteiger partial charge in [-0.25, -0.2) is 4.98 Å². The zero-order chi connectivity index (χ0) is 26.6. The van der Waals surface area contributed by atoms with Crippen LogP contribution >= 0.6 is 11.3 Å². The molecule has 0 saturated carbocycles. The number of benzene rings is 2. The summed E-state index contributed by atoms with van der Waals surface area (Å²) in [7, 11) is 0. The summed E-state index contributed by atoms with van der Waals surface area (Å²) in [5, 5.41) is 2.60. The third-order valence-electron chi connectivity index (χ3n) is 7.22. The van der Waals surface area contributed by atoms with Crippen molar-refractivity contribution < 1.29 is 9.53 Å². The van der Waals surface area contributed by atoms with E-state index in [0.717, 1.165) is 41.6 Å². The number of hydrogen-bond acceptors (Lipinski definition) is 6. The molecule has 0 bridgehead atoms. The van der Waals surface area contributed by atoms with Gasteiger partial charge in [0.05, 0.1) is 35.7 Å². The summed E-state index contributed by atoms with van der Waals surface area (Å²) in [6.07, 6.45) is 1.24. The monoisotopic (exact) mass is 530 g/mol. The van der Waals surface area contributed by atoms with Gasteiger partial charge in [0.15, 0.2) is 0 Å². The Bertz CT molecular complexity index is 1450. The molecule has 3 heterocycles. The van der Waals surface area contributed by atoms with Crippen molar-refractivity contribution in [2.45, 2.75) is 45.7 Å². The number of aromatic nitrogens is 2. The smallest absolute Gasteiger partial charge is 0.266 e. The van der Waals surface area contributed by atoms with Gasteiger partial charge in [-0.15, -0.1) is 11.3 Å². The molecule has 0 N–H and O–H groups in total. The van der Waals surface area contributed by atoms with Gasteiger partial charge >= 0.3 is 0 Å². The van der Waals surface area contributed by atoms with Crippen molar-refractivity contribution in [3.63, 3.8) is 0 Å². The number of hydrogen-bond donors (Lipinski definition) is 0. The molecule has 0 radical (unpaired) electrons. The first-order valence-electron chi connectivity index (χ1n) is 13.3. The summed E-state index contributed by atoms with van der Waals surface area (Å²) in [5.74, 6) is 1.66. The number of rotatable bonds is 8. The van der Waals surface area contributed by atoms with Crippen molar-refractivity contribution in [1.82, 2.24) is 19.4 Å². The Kier molecular flexibility index (Phi) is 7.90. The second-order valence-corrected chi connectivity index (χ2v) is 10.7. The van der Waals surface area contributed by atoms with Gasteiger partial charge in [-0.2, -0.15) is 0 Å². The molecule has 1 fully saturated rings. The van der Waals surface area contributed by atoms with Crippen molar-refractivity contribution in [2.75, 3.05) is 26.2 Å². The minimum atomic E-state index is -0.0778. The van der Waals surface area contributed by atoms with Gasteiger partial charge in [-0.05, 0) is 68.1 Å². The lowest BCUT2D eigenvalue weighted by Crippen LogP contribution is -2.55. The molecule has 1 aliphatic rings. The van der Waals surface area contributed by atoms with E-state index in [9.17, 15) is 9.59 Å². The van der Waals surface area contributed by atoms with Crippen LogP contribution in [0.15, 0.2) is 70.8 Å². The number of ether oxygens (including phenoxy) is 1. The lowest BCUT2D eigenvalue weighted by molar-refractivity contribution is -0.135. The number of carbonyl (C=O) groups is 1. The summed E-state index contributed by atoms with van der Waals surface area (Å²) >= 11 is 1.62. The topological polar surface area (TPSA) is 67.7 Å². The molecular weight excluding hydrogens is 496 g/mol. The molecule has 1 saturated heterocycles. The molecule has 2 unspecified atom stereocenters. The zero-order valence-electron chi connectivity index (χ0n) is 22.2. The van der Waals surface area contributed by atoms with E-state index < -0.39 is 0 Å². The number of carbonyl (C=O) groups excluding carboxylic acids is 1. The first kappa shape index (κ1) is 26.1. The quantitative estimate of drug-likeness (QED) is 0.318. The van der Waals surface area contributed by atoms with Gasteiger partial charge in [0.2, 0.25) is 5.91 Å². The van der Waals surface area contributed by atoms with Crippen molar-refractivity contribution in [3.05, 3.63) is 87.1 Å². The van der Waals surface area contributed by atoms with E-state index in [2.05, 4.69) is 18.7 Å². The van der Waals surface area contributed by atoms with Crippen molar-refractivity contribution in [3.8, 4) is 11.4 Å². The molecule has 5 rings (SSSR count). The third-order valence-corrected chi connectivity index (χ3v) is 8.09. The predicted octanol–water partition coefficient (Wildman–Crippen LogP) is 5.07. The van der Waals surface area contributed by atoms with Crippen LogP contribution in [0.4, 0.5) is 0 Å². The third kappa shape index (κ3) is 5.24. The number of piperazine rings is 1. The highest BCUT2D eigenvalue weighted by Crippen LogP contribution is 2.29. The molecule has 198 valence electrons. The van der Waals surface area contributed by atoms with Gasteiger partial charge in [0, 0.05) is 30.6 Å². The van der Waals surface area contributed by atoms with Crippen LogP contribution in [0.1, 0.15) is 43.9 Å². The second-order valence-electron chi connectivity index (χ2n) is 9.67. The first-order valence-corrected chi connectivity index (χ1v) is 14.2. The van der Waals surface area contributed by atoms with Crippen LogP contribution in [0.25, 0.3) is 16.6 Å². The summed E-state index contributed by atoms with van der Waals surface area (Å²) in [5.41, 5.74) is 1.39. The summed E-state index contributed by atoms with van der Waals surface area (Å²) in [6, 6.07) is 19.2. The molecule has 2 aromatic carbocycles. The minimum Gasteiger partial charge on any atom is -0.494 e. The predicted molar refractivity (Wildman–Crippen MR) is 152 cm³/mol. The van der Waals surface area contributed by atoms with Crippen LogP contribution in [0.2, 0.25) is 0 Å². The Morgan fingerprint density at radius 1 is 1.08 bits per heavy atom. The fourth-order valence-electron chi connectivity index (χ4n) is 5.39. The van der Waals surface area contributed by atoms with Crippen molar-refractivity contribution >= 4 is 28.1 Å². The zero-order valence-corrected chi connectivity index (χ0v) is 23.0. The van der Waals surface area contributed by atoms with Crippen molar-refractivity contribution in [1.29, 1.82) is 0 Å². The molecular formula is C30H34N4O3S. The van der Waals surface area contributed by atoms with E-state index in [1.807, 2.05) is 77.9 Å². The van der Waals surface area contributed by atoms with Crippen LogP contribution in [0.5, 0.6) is 5.75 Å². The Morgan fingerprint density at radius 3 is 2.55 bits per heavy atom. The van der Waals surface area contributed by atoms with Crippen LogP contribution in [-0.4, -0.2) is 57.5 Å². The lowest BCUT2D eigenvalue weighted by Gasteiger charge is -2.43. The largest absolute Gasteiger partial charge is 0.494 e. The van der Waals surface area contributed by atoms with E-state index in [1.165, 1.54) is 0 Å². The number of thiophene rings is 1.